The third kappa shape index (κ3) is 4.10. The summed E-state index contributed by atoms with van der Waals surface area (Å²) < 4.78 is 19.0. The van der Waals surface area contributed by atoms with Gasteiger partial charge in [0.25, 0.3) is 0 Å². The maximum absolute atomic E-state index is 14.0. The van der Waals surface area contributed by atoms with Gasteiger partial charge in [-0.15, -0.1) is 0 Å². The molecule has 0 spiro atoms. The molecule has 0 unspecified atom stereocenters. The van der Waals surface area contributed by atoms with Gasteiger partial charge in [-0.2, -0.15) is 0 Å². The number of rotatable bonds is 6. The molecule has 154 valence electrons. The SMILES string of the molecule is CCN(CC(=O)N1c2ccccc2NC(=O)C1(C)C)Cc1ccc(OC)c(F)c1. The fourth-order valence-electron chi connectivity index (χ4n) is 3.51. The van der Waals surface area contributed by atoms with Crippen LogP contribution in [0.3, 0.4) is 0 Å². The minimum absolute atomic E-state index is 0.106. The topological polar surface area (TPSA) is 61.9 Å². The average Bonchev–Trinajstić information content (AvgIpc) is 2.68. The van der Waals surface area contributed by atoms with E-state index in [1.165, 1.54) is 13.2 Å². The first-order chi connectivity index (χ1) is 13.8. The summed E-state index contributed by atoms with van der Waals surface area (Å²) in [5, 5.41) is 2.86. The molecule has 0 radical (unpaired) electrons. The van der Waals surface area contributed by atoms with Gasteiger partial charge in [-0.05, 0) is 50.2 Å². The number of nitrogens with one attached hydrogen (secondary N) is 1. The molecule has 0 atom stereocenters. The van der Waals surface area contributed by atoms with Crippen molar-refractivity contribution in [1.82, 2.24) is 4.90 Å². The van der Waals surface area contributed by atoms with Gasteiger partial charge in [0.05, 0.1) is 25.0 Å². The van der Waals surface area contributed by atoms with Crippen LogP contribution in [0.2, 0.25) is 0 Å². The van der Waals surface area contributed by atoms with Gasteiger partial charge in [-0.1, -0.05) is 25.1 Å². The molecule has 0 fully saturated rings. The molecule has 0 saturated carbocycles. The first-order valence-corrected chi connectivity index (χ1v) is 9.56. The number of para-hydroxylation sites is 2. The number of likely N-dealkylation sites (N-methyl/N-ethyl adjacent to an activating group) is 1. The van der Waals surface area contributed by atoms with Crippen molar-refractivity contribution in [2.24, 2.45) is 0 Å². The molecule has 2 amide bonds. The highest BCUT2D eigenvalue weighted by molar-refractivity contribution is 6.14. The van der Waals surface area contributed by atoms with Crippen molar-refractivity contribution in [3.63, 3.8) is 0 Å². The third-order valence-electron chi connectivity index (χ3n) is 5.19. The Morgan fingerprint density at radius 1 is 1.24 bits per heavy atom. The largest absolute Gasteiger partial charge is 0.494 e. The van der Waals surface area contributed by atoms with E-state index in [9.17, 15) is 14.0 Å². The first-order valence-electron chi connectivity index (χ1n) is 9.56. The van der Waals surface area contributed by atoms with E-state index in [1.807, 2.05) is 30.0 Å². The number of halogens is 1. The van der Waals surface area contributed by atoms with Crippen LogP contribution in [-0.2, 0) is 16.1 Å². The number of hydrogen-bond acceptors (Lipinski definition) is 4. The Labute approximate surface area is 170 Å². The van der Waals surface area contributed by atoms with Gasteiger partial charge in [0.15, 0.2) is 11.6 Å². The van der Waals surface area contributed by atoms with Crippen molar-refractivity contribution in [3.05, 3.63) is 53.8 Å². The predicted molar refractivity (Wildman–Crippen MR) is 111 cm³/mol. The smallest absolute Gasteiger partial charge is 0.250 e. The van der Waals surface area contributed by atoms with E-state index < -0.39 is 11.4 Å². The minimum atomic E-state index is -1.02. The summed E-state index contributed by atoms with van der Waals surface area (Å²) in [5.74, 6) is -0.668. The van der Waals surface area contributed by atoms with Gasteiger partial charge >= 0.3 is 0 Å². The standard InChI is InChI=1S/C22H26FN3O3/c1-5-25(13-15-10-11-19(29-4)16(23)12-15)14-20(27)26-18-9-7-6-8-17(18)24-21(28)22(26,2)3/h6-12H,5,13-14H2,1-4H3,(H,24,28). The number of amides is 2. The number of carbonyl (C=O) groups is 2. The maximum atomic E-state index is 14.0. The molecule has 1 aliphatic heterocycles. The highest BCUT2D eigenvalue weighted by atomic mass is 19.1. The van der Waals surface area contributed by atoms with Crippen LogP contribution in [0.1, 0.15) is 26.3 Å². The molecule has 0 aromatic heterocycles. The van der Waals surface area contributed by atoms with Crippen molar-refractivity contribution >= 4 is 23.2 Å². The number of fused-ring (bicyclic) bond motifs is 1. The molecule has 0 aliphatic carbocycles. The molecule has 3 rings (SSSR count). The Balaban J connectivity index is 1.82. The van der Waals surface area contributed by atoms with E-state index in [0.29, 0.717) is 24.5 Å². The Hall–Kier alpha value is -2.93. The summed E-state index contributed by atoms with van der Waals surface area (Å²) in [7, 11) is 1.42. The van der Waals surface area contributed by atoms with Crippen LogP contribution in [0.25, 0.3) is 0 Å². The number of benzene rings is 2. The number of anilines is 2. The number of nitrogens with zero attached hydrogens (tertiary/aromatic N) is 2. The summed E-state index contributed by atoms with van der Waals surface area (Å²) in [4.78, 5) is 29.3. The molecule has 6 nitrogen and oxygen atoms in total. The quantitative estimate of drug-likeness (QED) is 0.809. The number of ether oxygens (including phenoxy) is 1. The van der Waals surface area contributed by atoms with Gasteiger partial charge in [0.1, 0.15) is 5.54 Å². The molecule has 2 aromatic carbocycles. The fourth-order valence-corrected chi connectivity index (χ4v) is 3.51. The van der Waals surface area contributed by atoms with Gasteiger partial charge in [-0.25, -0.2) is 4.39 Å². The van der Waals surface area contributed by atoms with Crippen LogP contribution >= 0.6 is 0 Å². The Morgan fingerprint density at radius 3 is 2.62 bits per heavy atom. The predicted octanol–water partition coefficient (Wildman–Crippen LogP) is 3.42. The maximum Gasteiger partial charge on any atom is 0.250 e. The lowest BCUT2D eigenvalue weighted by Crippen LogP contribution is -2.60. The lowest BCUT2D eigenvalue weighted by molar-refractivity contribution is -0.127. The molecule has 2 aromatic rings. The van der Waals surface area contributed by atoms with E-state index in [2.05, 4.69) is 5.32 Å². The summed E-state index contributed by atoms with van der Waals surface area (Å²) >= 11 is 0. The van der Waals surface area contributed by atoms with Crippen molar-refractivity contribution in [2.45, 2.75) is 32.9 Å². The summed E-state index contributed by atoms with van der Waals surface area (Å²) in [6, 6.07) is 12.0. The molecular weight excluding hydrogens is 373 g/mol. The van der Waals surface area contributed by atoms with Crippen LogP contribution in [-0.4, -0.2) is 42.5 Å². The van der Waals surface area contributed by atoms with Gasteiger partial charge in [0, 0.05) is 6.54 Å². The second-order valence-electron chi connectivity index (χ2n) is 7.53. The minimum Gasteiger partial charge on any atom is -0.494 e. The number of methoxy groups -OCH3 is 1. The molecule has 7 heteroatoms. The van der Waals surface area contributed by atoms with Gasteiger partial charge in [0.2, 0.25) is 11.8 Å². The monoisotopic (exact) mass is 399 g/mol. The van der Waals surface area contributed by atoms with Crippen molar-refractivity contribution in [2.75, 3.05) is 30.4 Å². The zero-order chi connectivity index (χ0) is 21.2. The zero-order valence-electron chi connectivity index (χ0n) is 17.2. The van der Waals surface area contributed by atoms with E-state index in [4.69, 9.17) is 4.74 Å². The molecule has 0 saturated heterocycles. The second kappa shape index (κ2) is 8.21. The number of hydrogen-bond donors (Lipinski definition) is 1. The molecule has 1 heterocycles. The fraction of sp³-hybridized carbons (Fsp3) is 0.364. The van der Waals surface area contributed by atoms with Gasteiger partial charge < -0.3 is 10.1 Å². The van der Waals surface area contributed by atoms with Crippen LogP contribution in [0.4, 0.5) is 15.8 Å². The summed E-state index contributed by atoms with van der Waals surface area (Å²) in [5.41, 5.74) is 1.02. The van der Waals surface area contributed by atoms with E-state index in [1.54, 1.807) is 36.9 Å². The normalized spacial score (nSPS) is 15.1. The average molecular weight is 399 g/mol. The molecular formula is C22H26FN3O3. The first kappa shape index (κ1) is 20.8. The van der Waals surface area contributed by atoms with Crippen LogP contribution < -0.4 is 15.0 Å². The highest BCUT2D eigenvalue weighted by Crippen LogP contribution is 2.36. The van der Waals surface area contributed by atoms with E-state index in [-0.39, 0.29) is 24.1 Å². The summed E-state index contributed by atoms with van der Waals surface area (Å²) in [6.45, 7) is 6.51. The summed E-state index contributed by atoms with van der Waals surface area (Å²) in [6.07, 6.45) is 0. The van der Waals surface area contributed by atoms with E-state index in [0.717, 1.165) is 5.56 Å². The van der Waals surface area contributed by atoms with Crippen LogP contribution in [0.5, 0.6) is 5.75 Å². The molecule has 29 heavy (non-hydrogen) atoms. The molecule has 0 bridgehead atoms. The van der Waals surface area contributed by atoms with Crippen molar-refractivity contribution in [1.29, 1.82) is 0 Å². The van der Waals surface area contributed by atoms with Crippen LogP contribution in [0.15, 0.2) is 42.5 Å². The lowest BCUT2D eigenvalue weighted by Gasteiger charge is -2.42. The third-order valence-corrected chi connectivity index (χ3v) is 5.19. The zero-order valence-corrected chi connectivity index (χ0v) is 17.2. The second-order valence-corrected chi connectivity index (χ2v) is 7.53. The number of carbonyl (C=O) groups excluding carboxylic acids is 2. The molecule has 1 N–H and O–H groups in total. The Morgan fingerprint density at radius 2 is 1.97 bits per heavy atom. The van der Waals surface area contributed by atoms with E-state index >= 15 is 0 Å². The van der Waals surface area contributed by atoms with Gasteiger partial charge in [-0.3, -0.25) is 19.4 Å². The van der Waals surface area contributed by atoms with Crippen LogP contribution in [0, 0.1) is 5.82 Å². The Kier molecular flexibility index (Phi) is 5.88. The highest BCUT2D eigenvalue weighted by Gasteiger charge is 2.43. The van der Waals surface area contributed by atoms with Crippen molar-refractivity contribution in [3.8, 4) is 5.75 Å². The Bertz CT molecular complexity index is 929. The molecule has 1 aliphatic rings. The van der Waals surface area contributed by atoms with Crippen molar-refractivity contribution < 1.29 is 18.7 Å². The lowest BCUT2D eigenvalue weighted by atomic mass is 9.96.